The average molecular weight is 272 g/mol. The van der Waals surface area contributed by atoms with E-state index < -0.39 is 29.3 Å². The summed E-state index contributed by atoms with van der Waals surface area (Å²) >= 11 is 0. The first-order chi connectivity index (χ1) is 8.85. The number of halogens is 2. The van der Waals surface area contributed by atoms with Gasteiger partial charge < -0.3 is 15.8 Å². The highest BCUT2D eigenvalue weighted by atomic mass is 19.1. The molecule has 0 aliphatic carbocycles. The van der Waals surface area contributed by atoms with E-state index in [1.807, 2.05) is 13.8 Å². The maximum Gasteiger partial charge on any atom is 0.241 e. The van der Waals surface area contributed by atoms with E-state index in [0.717, 1.165) is 19.2 Å². The molecule has 0 aliphatic rings. The molecule has 0 spiro atoms. The van der Waals surface area contributed by atoms with Gasteiger partial charge in [-0.25, -0.2) is 8.78 Å². The highest BCUT2D eigenvalue weighted by molar-refractivity contribution is 5.94. The maximum atomic E-state index is 13.4. The van der Waals surface area contributed by atoms with Gasteiger partial charge in [-0.2, -0.15) is 0 Å². The van der Waals surface area contributed by atoms with Crippen molar-refractivity contribution in [1.29, 1.82) is 0 Å². The zero-order valence-corrected chi connectivity index (χ0v) is 11.2. The summed E-state index contributed by atoms with van der Waals surface area (Å²) in [6.45, 7) is 3.86. The Morgan fingerprint density at radius 3 is 2.32 bits per heavy atom. The number of ether oxygens (including phenoxy) is 1. The van der Waals surface area contributed by atoms with Crippen LogP contribution in [-0.4, -0.2) is 19.1 Å². The highest BCUT2D eigenvalue weighted by Crippen LogP contribution is 2.25. The number of methoxy groups -OCH3 is 1. The smallest absolute Gasteiger partial charge is 0.241 e. The van der Waals surface area contributed by atoms with Gasteiger partial charge in [-0.05, 0) is 12.3 Å². The molecule has 19 heavy (non-hydrogen) atoms. The molecule has 0 aliphatic heterocycles. The van der Waals surface area contributed by atoms with Crippen LogP contribution in [0.1, 0.15) is 20.3 Å². The second kappa shape index (κ2) is 6.47. The van der Waals surface area contributed by atoms with Gasteiger partial charge in [-0.15, -0.1) is 0 Å². The number of anilines is 1. The molecule has 0 fully saturated rings. The summed E-state index contributed by atoms with van der Waals surface area (Å²) in [4.78, 5) is 11.7. The molecule has 0 aromatic heterocycles. The van der Waals surface area contributed by atoms with Crippen molar-refractivity contribution in [3.05, 3.63) is 23.8 Å². The van der Waals surface area contributed by atoms with Crippen molar-refractivity contribution in [2.24, 2.45) is 11.7 Å². The van der Waals surface area contributed by atoms with Crippen LogP contribution in [0.2, 0.25) is 0 Å². The van der Waals surface area contributed by atoms with E-state index >= 15 is 0 Å². The number of carbonyl (C=O) groups excluding carboxylic acids is 1. The molecule has 1 aromatic rings. The normalized spacial score (nSPS) is 12.4. The minimum Gasteiger partial charge on any atom is -0.491 e. The molecule has 6 heteroatoms. The van der Waals surface area contributed by atoms with Crippen LogP contribution < -0.4 is 15.8 Å². The molecule has 0 radical (unpaired) electrons. The van der Waals surface area contributed by atoms with Crippen LogP contribution in [0.15, 0.2) is 12.1 Å². The van der Waals surface area contributed by atoms with Crippen molar-refractivity contribution in [1.82, 2.24) is 0 Å². The van der Waals surface area contributed by atoms with Gasteiger partial charge in [0, 0.05) is 17.8 Å². The summed E-state index contributed by atoms with van der Waals surface area (Å²) in [6, 6.07) is 1.26. The lowest BCUT2D eigenvalue weighted by molar-refractivity contribution is -0.117. The van der Waals surface area contributed by atoms with Crippen LogP contribution in [-0.2, 0) is 4.79 Å². The molecule has 1 atom stereocenters. The first-order valence-electron chi connectivity index (χ1n) is 5.94. The molecule has 1 amide bonds. The number of carbonyl (C=O) groups is 1. The lowest BCUT2D eigenvalue weighted by Crippen LogP contribution is -2.36. The molecule has 4 nitrogen and oxygen atoms in total. The second-order valence-electron chi connectivity index (χ2n) is 4.70. The Balaban J connectivity index is 2.80. The molecule has 1 rings (SSSR count). The van der Waals surface area contributed by atoms with Gasteiger partial charge >= 0.3 is 0 Å². The summed E-state index contributed by atoms with van der Waals surface area (Å²) in [7, 11) is 1.16. The van der Waals surface area contributed by atoms with Crippen LogP contribution in [0, 0.1) is 17.6 Å². The lowest BCUT2D eigenvalue weighted by atomic mass is 10.0. The van der Waals surface area contributed by atoms with Crippen LogP contribution in [0.5, 0.6) is 5.75 Å². The number of nitrogens with one attached hydrogen (secondary N) is 1. The molecule has 0 saturated heterocycles. The monoisotopic (exact) mass is 272 g/mol. The summed E-state index contributed by atoms with van der Waals surface area (Å²) in [5, 5.41) is 2.38. The van der Waals surface area contributed by atoms with Crippen molar-refractivity contribution in [3.63, 3.8) is 0 Å². The molecular weight excluding hydrogens is 254 g/mol. The number of benzene rings is 1. The van der Waals surface area contributed by atoms with Crippen molar-refractivity contribution < 1.29 is 18.3 Å². The minimum atomic E-state index is -0.879. The molecule has 0 unspecified atom stereocenters. The third-order valence-electron chi connectivity index (χ3n) is 2.53. The number of rotatable bonds is 5. The van der Waals surface area contributed by atoms with E-state index in [4.69, 9.17) is 5.73 Å². The van der Waals surface area contributed by atoms with Gasteiger partial charge in [0.15, 0.2) is 17.4 Å². The first-order valence-corrected chi connectivity index (χ1v) is 5.94. The van der Waals surface area contributed by atoms with E-state index in [2.05, 4.69) is 10.1 Å². The van der Waals surface area contributed by atoms with Crippen molar-refractivity contribution in [3.8, 4) is 5.75 Å². The zero-order chi connectivity index (χ0) is 14.6. The molecule has 0 bridgehead atoms. The molecule has 0 saturated carbocycles. The number of nitrogens with two attached hydrogens (primary N) is 1. The second-order valence-corrected chi connectivity index (χ2v) is 4.70. The predicted octanol–water partition coefficient (Wildman–Crippen LogP) is 2.29. The van der Waals surface area contributed by atoms with E-state index in [1.165, 1.54) is 0 Å². The summed E-state index contributed by atoms with van der Waals surface area (Å²) < 4.78 is 31.4. The Morgan fingerprint density at radius 1 is 1.37 bits per heavy atom. The summed E-state index contributed by atoms with van der Waals surface area (Å²) in [5.74, 6) is -2.46. The van der Waals surface area contributed by atoms with Gasteiger partial charge in [-0.3, -0.25) is 4.79 Å². The van der Waals surface area contributed by atoms with Crippen LogP contribution in [0.3, 0.4) is 0 Å². The molecule has 0 heterocycles. The summed E-state index contributed by atoms with van der Waals surface area (Å²) in [5.41, 5.74) is 5.69. The molecule has 3 N–H and O–H groups in total. The van der Waals surface area contributed by atoms with Crippen LogP contribution >= 0.6 is 0 Å². The largest absolute Gasteiger partial charge is 0.491 e. The van der Waals surface area contributed by atoms with Gasteiger partial charge in [0.25, 0.3) is 0 Å². The van der Waals surface area contributed by atoms with Gasteiger partial charge in [0.1, 0.15) is 0 Å². The predicted molar refractivity (Wildman–Crippen MR) is 69.0 cm³/mol. The topological polar surface area (TPSA) is 64.3 Å². The van der Waals surface area contributed by atoms with Crippen molar-refractivity contribution in [2.45, 2.75) is 26.3 Å². The Hall–Kier alpha value is -1.69. The molecule has 1 aromatic carbocycles. The average Bonchev–Trinajstić information content (AvgIpc) is 2.27. The van der Waals surface area contributed by atoms with Crippen LogP contribution in [0.25, 0.3) is 0 Å². The van der Waals surface area contributed by atoms with E-state index in [0.29, 0.717) is 6.42 Å². The van der Waals surface area contributed by atoms with Crippen LogP contribution in [0.4, 0.5) is 14.5 Å². The Kier molecular flexibility index (Phi) is 5.23. The van der Waals surface area contributed by atoms with Gasteiger partial charge in [0.2, 0.25) is 5.91 Å². The fourth-order valence-electron chi connectivity index (χ4n) is 1.68. The number of amides is 1. The van der Waals surface area contributed by atoms with E-state index in [-0.39, 0.29) is 11.6 Å². The standard InChI is InChI=1S/C13H18F2N2O2/c1-7(2)4-11(16)13(18)17-8-5-9(14)12(19-3)10(15)6-8/h5-7,11H,4,16H2,1-3H3,(H,17,18)/t11-/m0/s1. The molecular formula is C13H18F2N2O2. The Morgan fingerprint density at radius 2 is 1.89 bits per heavy atom. The first kappa shape index (κ1) is 15.4. The SMILES string of the molecule is COc1c(F)cc(NC(=O)[C@@H](N)CC(C)C)cc1F. The van der Waals surface area contributed by atoms with E-state index in [1.54, 1.807) is 0 Å². The van der Waals surface area contributed by atoms with Gasteiger partial charge in [-0.1, -0.05) is 13.8 Å². The number of hydrogen-bond acceptors (Lipinski definition) is 3. The minimum absolute atomic E-state index is 0.0139. The Labute approximate surface area is 110 Å². The fraction of sp³-hybridized carbons (Fsp3) is 0.462. The van der Waals surface area contributed by atoms with Gasteiger partial charge in [0.05, 0.1) is 13.2 Å². The third-order valence-corrected chi connectivity index (χ3v) is 2.53. The third kappa shape index (κ3) is 4.17. The highest BCUT2D eigenvalue weighted by Gasteiger charge is 2.17. The van der Waals surface area contributed by atoms with Crippen molar-refractivity contribution >= 4 is 11.6 Å². The quantitative estimate of drug-likeness (QED) is 0.864. The lowest BCUT2D eigenvalue weighted by Gasteiger charge is -2.14. The Bertz CT molecular complexity index is 441. The van der Waals surface area contributed by atoms with Crippen molar-refractivity contribution in [2.75, 3.05) is 12.4 Å². The maximum absolute atomic E-state index is 13.4. The van der Waals surface area contributed by atoms with E-state index in [9.17, 15) is 13.6 Å². The zero-order valence-electron chi connectivity index (χ0n) is 11.2. The fourth-order valence-corrected chi connectivity index (χ4v) is 1.68. The number of hydrogen-bond donors (Lipinski definition) is 2. The summed E-state index contributed by atoms with van der Waals surface area (Å²) in [6.07, 6.45) is 0.493. The molecule has 106 valence electrons.